The maximum atomic E-state index is 13.1. The van der Waals surface area contributed by atoms with Gasteiger partial charge in [-0.05, 0) is 38.1 Å². The number of amides is 1. The molecule has 4 nitrogen and oxygen atoms in total. The van der Waals surface area contributed by atoms with E-state index in [1.54, 1.807) is 13.0 Å². The molecule has 1 aromatic rings. The molecule has 1 atom stereocenters. The van der Waals surface area contributed by atoms with Gasteiger partial charge < -0.3 is 10.6 Å². The summed E-state index contributed by atoms with van der Waals surface area (Å²) < 4.78 is 13.1. The van der Waals surface area contributed by atoms with Crippen molar-refractivity contribution in [2.45, 2.75) is 32.2 Å². The third-order valence-electron chi connectivity index (χ3n) is 3.75. The van der Waals surface area contributed by atoms with E-state index < -0.39 is 11.7 Å². The van der Waals surface area contributed by atoms with Gasteiger partial charge in [0.2, 0.25) is 5.91 Å². The molecule has 1 amide bonds. The zero-order valence-electron chi connectivity index (χ0n) is 12.2. The Balaban J connectivity index is 1.86. The number of halogens is 1. The first kappa shape index (κ1) is 15.6. The number of hydrogen-bond acceptors (Lipinski definition) is 3. The van der Waals surface area contributed by atoms with Crippen LogP contribution in [0.15, 0.2) is 24.3 Å². The molecule has 1 heterocycles. The number of piperidine rings is 1. The van der Waals surface area contributed by atoms with Crippen LogP contribution >= 0.6 is 0 Å². The lowest BCUT2D eigenvalue weighted by Crippen LogP contribution is -2.43. The summed E-state index contributed by atoms with van der Waals surface area (Å²) in [5.41, 5.74) is 0.317. The minimum Gasteiger partial charge on any atom is -0.353 e. The van der Waals surface area contributed by atoms with Crippen LogP contribution in [0.2, 0.25) is 0 Å². The Morgan fingerprint density at radius 1 is 1.38 bits per heavy atom. The number of nitrogens with one attached hydrogen (secondary N) is 2. The third-order valence-corrected chi connectivity index (χ3v) is 3.75. The van der Waals surface area contributed by atoms with Gasteiger partial charge in [0.1, 0.15) is 5.82 Å². The number of benzene rings is 1. The van der Waals surface area contributed by atoms with Gasteiger partial charge in [-0.25, -0.2) is 4.39 Å². The van der Waals surface area contributed by atoms with Crippen molar-refractivity contribution in [2.24, 2.45) is 5.92 Å². The van der Waals surface area contributed by atoms with Crippen molar-refractivity contribution in [2.75, 3.05) is 13.1 Å². The van der Waals surface area contributed by atoms with Gasteiger partial charge in [0, 0.05) is 23.9 Å². The minimum atomic E-state index is -0.450. The molecule has 1 unspecified atom stereocenters. The number of carbonyl (C=O) groups is 2. The Hall–Kier alpha value is -1.75. The van der Waals surface area contributed by atoms with Gasteiger partial charge in [-0.1, -0.05) is 19.1 Å². The monoisotopic (exact) mass is 292 g/mol. The molecule has 0 saturated carbocycles. The summed E-state index contributed by atoms with van der Waals surface area (Å²) in [5, 5.41) is 6.20. The van der Waals surface area contributed by atoms with Crippen molar-refractivity contribution in [3.05, 3.63) is 35.6 Å². The van der Waals surface area contributed by atoms with Gasteiger partial charge >= 0.3 is 0 Å². The van der Waals surface area contributed by atoms with Crippen molar-refractivity contribution in [3.63, 3.8) is 0 Å². The van der Waals surface area contributed by atoms with Gasteiger partial charge in [0.15, 0.2) is 5.78 Å². The summed E-state index contributed by atoms with van der Waals surface area (Å²) in [6.45, 7) is 3.51. The first-order valence-electron chi connectivity index (χ1n) is 7.36. The Morgan fingerprint density at radius 2 is 2.10 bits per heavy atom. The Bertz CT molecular complexity index is 513. The second-order valence-electron chi connectivity index (χ2n) is 5.57. The molecule has 1 aromatic carbocycles. The summed E-state index contributed by atoms with van der Waals surface area (Å²) in [6.07, 6.45) is 1.97. The lowest BCUT2D eigenvalue weighted by molar-refractivity contribution is -0.122. The Morgan fingerprint density at radius 3 is 2.76 bits per heavy atom. The van der Waals surface area contributed by atoms with E-state index in [1.807, 2.05) is 0 Å². The van der Waals surface area contributed by atoms with Gasteiger partial charge in [0.05, 0.1) is 0 Å². The fraction of sp³-hybridized carbons (Fsp3) is 0.500. The van der Waals surface area contributed by atoms with Crippen LogP contribution in [0, 0.1) is 11.7 Å². The van der Waals surface area contributed by atoms with E-state index in [1.165, 1.54) is 18.2 Å². The molecular weight excluding hydrogens is 271 g/mol. The first-order chi connectivity index (χ1) is 10.1. The van der Waals surface area contributed by atoms with Crippen LogP contribution in [0.5, 0.6) is 0 Å². The van der Waals surface area contributed by atoms with Crippen LogP contribution in [0.1, 0.15) is 36.5 Å². The molecular formula is C16H21FN2O2. The summed E-state index contributed by atoms with van der Waals surface area (Å²) >= 11 is 0. The molecule has 1 saturated heterocycles. The number of carbonyl (C=O) groups excluding carboxylic acids is 2. The molecule has 21 heavy (non-hydrogen) atoms. The first-order valence-corrected chi connectivity index (χ1v) is 7.36. The predicted molar refractivity (Wildman–Crippen MR) is 78.5 cm³/mol. The van der Waals surface area contributed by atoms with Crippen molar-refractivity contribution in [3.8, 4) is 0 Å². The molecule has 5 heteroatoms. The van der Waals surface area contributed by atoms with E-state index in [-0.39, 0.29) is 24.2 Å². The largest absolute Gasteiger partial charge is 0.353 e. The summed E-state index contributed by atoms with van der Waals surface area (Å²) in [4.78, 5) is 24.1. The van der Waals surface area contributed by atoms with Crippen molar-refractivity contribution >= 4 is 11.7 Å². The summed E-state index contributed by atoms with van der Waals surface area (Å²) in [6, 6.07) is 5.78. The SMILES string of the molecule is CC(CC(=O)NC1CCNCC1)C(=O)c1cccc(F)c1. The molecule has 1 fully saturated rings. The van der Waals surface area contributed by atoms with Crippen molar-refractivity contribution in [1.29, 1.82) is 0 Å². The topological polar surface area (TPSA) is 58.2 Å². The molecule has 0 bridgehead atoms. The van der Waals surface area contributed by atoms with E-state index >= 15 is 0 Å². The maximum absolute atomic E-state index is 13.1. The minimum absolute atomic E-state index is 0.112. The highest BCUT2D eigenvalue weighted by molar-refractivity contribution is 5.99. The van der Waals surface area contributed by atoms with Gasteiger partial charge in [-0.15, -0.1) is 0 Å². The summed E-state index contributed by atoms with van der Waals surface area (Å²) in [7, 11) is 0. The predicted octanol–water partition coefficient (Wildman–Crippen LogP) is 1.90. The van der Waals surface area contributed by atoms with Crippen LogP contribution in [0.4, 0.5) is 4.39 Å². The van der Waals surface area contributed by atoms with Gasteiger partial charge in [-0.3, -0.25) is 9.59 Å². The standard InChI is InChI=1S/C16H21FN2O2/c1-11(16(21)12-3-2-4-13(17)10-12)9-15(20)19-14-5-7-18-8-6-14/h2-4,10-11,14,18H,5-9H2,1H3,(H,19,20). The summed E-state index contributed by atoms with van der Waals surface area (Å²) in [5.74, 6) is -1.20. The lowest BCUT2D eigenvalue weighted by Gasteiger charge is -2.24. The molecule has 1 aliphatic rings. The van der Waals surface area contributed by atoms with Crippen molar-refractivity contribution < 1.29 is 14.0 Å². The van der Waals surface area contributed by atoms with Crippen molar-refractivity contribution in [1.82, 2.24) is 10.6 Å². The average molecular weight is 292 g/mol. The smallest absolute Gasteiger partial charge is 0.220 e. The Labute approximate surface area is 124 Å². The highest BCUT2D eigenvalue weighted by atomic mass is 19.1. The van der Waals surface area contributed by atoms with E-state index in [2.05, 4.69) is 10.6 Å². The maximum Gasteiger partial charge on any atom is 0.220 e. The molecule has 0 radical (unpaired) electrons. The second kappa shape index (κ2) is 7.31. The fourth-order valence-corrected chi connectivity index (χ4v) is 2.55. The number of hydrogen-bond donors (Lipinski definition) is 2. The molecule has 114 valence electrons. The van der Waals surface area contributed by atoms with Gasteiger partial charge in [-0.2, -0.15) is 0 Å². The zero-order valence-corrected chi connectivity index (χ0v) is 12.2. The van der Waals surface area contributed by atoms with E-state index in [4.69, 9.17) is 0 Å². The Kier molecular flexibility index (Phi) is 5.44. The van der Waals surface area contributed by atoms with Crippen LogP contribution in [-0.2, 0) is 4.79 Å². The van der Waals surface area contributed by atoms with Crippen LogP contribution < -0.4 is 10.6 Å². The molecule has 1 aliphatic heterocycles. The second-order valence-corrected chi connectivity index (χ2v) is 5.57. The van der Waals surface area contributed by atoms with E-state index in [0.717, 1.165) is 25.9 Å². The number of rotatable bonds is 5. The molecule has 2 rings (SSSR count). The normalized spacial score (nSPS) is 17.2. The third kappa shape index (κ3) is 4.63. The number of ketones is 1. The van der Waals surface area contributed by atoms with Gasteiger partial charge in [0.25, 0.3) is 0 Å². The molecule has 0 aliphatic carbocycles. The van der Waals surface area contributed by atoms with E-state index in [0.29, 0.717) is 5.56 Å². The molecule has 2 N–H and O–H groups in total. The fourth-order valence-electron chi connectivity index (χ4n) is 2.55. The highest BCUT2D eigenvalue weighted by Gasteiger charge is 2.21. The quantitative estimate of drug-likeness (QED) is 0.815. The number of Topliss-reactive ketones (excluding diaryl/α,β-unsaturated/α-hetero) is 1. The lowest BCUT2D eigenvalue weighted by atomic mass is 9.95. The molecule has 0 spiro atoms. The van der Waals surface area contributed by atoms with Crippen LogP contribution in [0.25, 0.3) is 0 Å². The van der Waals surface area contributed by atoms with Crippen LogP contribution in [0.3, 0.4) is 0 Å². The zero-order chi connectivity index (χ0) is 15.2. The van der Waals surface area contributed by atoms with Crippen LogP contribution in [-0.4, -0.2) is 30.8 Å². The highest BCUT2D eigenvalue weighted by Crippen LogP contribution is 2.14. The average Bonchev–Trinajstić information content (AvgIpc) is 2.47. The van der Waals surface area contributed by atoms with E-state index in [9.17, 15) is 14.0 Å². The molecule has 0 aromatic heterocycles.